The standard InChI is InChI=1S/C14H14N6O3/c1-14(2,3)9-6-10(22-19-9)17-12(21)13-18-11(20-23-13)8-7-15-4-5-16-8/h4-7H,1-3H3,(H,17,21). The predicted molar refractivity (Wildman–Crippen MR) is 78.5 cm³/mol. The summed E-state index contributed by atoms with van der Waals surface area (Å²) in [5.74, 6) is -0.418. The maximum atomic E-state index is 12.1. The third-order valence-corrected chi connectivity index (χ3v) is 2.93. The molecule has 118 valence electrons. The second kappa shape index (κ2) is 5.59. The van der Waals surface area contributed by atoms with Crippen LogP contribution < -0.4 is 5.32 Å². The van der Waals surface area contributed by atoms with Gasteiger partial charge in [0.15, 0.2) is 0 Å². The van der Waals surface area contributed by atoms with Crippen molar-refractivity contribution in [2.75, 3.05) is 5.32 Å². The maximum Gasteiger partial charge on any atom is 0.316 e. The van der Waals surface area contributed by atoms with E-state index in [1.165, 1.54) is 18.6 Å². The Hall–Kier alpha value is -3.10. The van der Waals surface area contributed by atoms with Gasteiger partial charge in [0, 0.05) is 23.9 Å². The summed E-state index contributed by atoms with van der Waals surface area (Å²) in [5, 5.41) is 10.1. The quantitative estimate of drug-likeness (QED) is 0.780. The van der Waals surface area contributed by atoms with Crippen LogP contribution in [-0.4, -0.2) is 31.2 Å². The van der Waals surface area contributed by atoms with E-state index < -0.39 is 5.91 Å². The second-order valence-electron chi connectivity index (χ2n) is 5.79. The van der Waals surface area contributed by atoms with Crippen LogP contribution >= 0.6 is 0 Å². The Balaban J connectivity index is 1.74. The van der Waals surface area contributed by atoms with E-state index in [2.05, 4.69) is 30.6 Å². The van der Waals surface area contributed by atoms with Crippen molar-refractivity contribution in [1.29, 1.82) is 0 Å². The van der Waals surface area contributed by atoms with Gasteiger partial charge in [0.2, 0.25) is 11.7 Å². The van der Waals surface area contributed by atoms with Gasteiger partial charge in [0.05, 0.1) is 11.9 Å². The van der Waals surface area contributed by atoms with Crippen molar-refractivity contribution in [2.45, 2.75) is 26.2 Å². The number of hydrogen-bond donors (Lipinski definition) is 1. The lowest BCUT2D eigenvalue weighted by atomic mass is 9.92. The third kappa shape index (κ3) is 3.23. The minimum Gasteiger partial charge on any atom is -0.338 e. The number of rotatable bonds is 3. The molecule has 0 spiro atoms. The summed E-state index contributed by atoms with van der Waals surface area (Å²) in [5.41, 5.74) is 0.944. The van der Waals surface area contributed by atoms with E-state index in [1.807, 2.05) is 20.8 Å². The van der Waals surface area contributed by atoms with Crippen molar-refractivity contribution in [3.63, 3.8) is 0 Å². The summed E-state index contributed by atoms with van der Waals surface area (Å²) in [6.45, 7) is 5.96. The van der Waals surface area contributed by atoms with Crippen molar-refractivity contribution < 1.29 is 13.8 Å². The molecule has 0 unspecified atom stereocenters. The largest absolute Gasteiger partial charge is 0.338 e. The molecule has 23 heavy (non-hydrogen) atoms. The minimum absolute atomic E-state index is 0.177. The smallest absolute Gasteiger partial charge is 0.316 e. The first-order valence-electron chi connectivity index (χ1n) is 6.82. The Morgan fingerprint density at radius 2 is 2.00 bits per heavy atom. The third-order valence-electron chi connectivity index (χ3n) is 2.93. The Morgan fingerprint density at radius 3 is 2.65 bits per heavy atom. The number of hydrogen-bond acceptors (Lipinski definition) is 8. The second-order valence-corrected chi connectivity index (χ2v) is 5.79. The zero-order valence-electron chi connectivity index (χ0n) is 12.8. The molecule has 0 aromatic carbocycles. The Morgan fingerprint density at radius 1 is 1.17 bits per heavy atom. The van der Waals surface area contributed by atoms with E-state index >= 15 is 0 Å². The zero-order chi connectivity index (χ0) is 16.4. The van der Waals surface area contributed by atoms with Crippen molar-refractivity contribution in [3.8, 4) is 11.5 Å². The van der Waals surface area contributed by atoms with Crippen molar-refractivity contribution in [3.05, 3.63) is 36.2 Å². The van der Waals surface area contributed by atoms with Gasteiger partial charge in [0.25, 0.3) is 0 Å². The average Bonchev–Trinajstić information content (AvgIpc) is 3.16. The van der Waals surface area contributed by atoms with Crippen LogP contribution in [-0.2, 0) is 5.41 Å². The fourth-order valence-corrected chi connectivity index (χ4v) is 1.69. The number of carbonyl (C=O) groups is 1. The minimum atomic E-state index is -0.593. The van der Waals surface area contributed by atoms with Crippen LogP contribution in [0.4, 0.5) is 5.88 Å². The van der Waals surface area contributed by atoms with Gasteiger partial charge in [-0.15, -0.1) is 0 Å². The molecule has 3 rings (SSSR count). The molecule has 1 amide bonds. The fraction of sp³-hybridized carbons (Fsp3) is 0.286. The van der Waals surface area contributed by atoms with Crippen LogP contribution in [0, 0.1) is 0 Å². The topological polar surface area (TPSA) is 120 Å². The summed E-state index contributed by atoms with van der Waals surface area (Å²) < 4.78 is 10.0. The molecule has 0 aliphatic carbocycles. The number of anilines is 1. The molecular formula is C14H14N6O3. The Labute approximate surface area is 131 Å². The van der Waals surface area contributed by atoms with Crippen LogP contribution in [0.25, 0.3) is 11.5 Å². The van der Waals surface area contributed by atoms with Crippen LogP contribution in [0.3, 0.4) is 0 Å². The number of aromatic nitrogens is 5. The number of nitrogens with one attached hydrogen (secondary N) is 1. The summed E-state index contributed by atoms with van der Waals surface area (Å²) in [7, 11) is 0. The van der Waals surface area contributed by atoms with Gasteiger partial charge in [-0.05, 0) is 0 Å². The molecule has 3 aromatic heterocycles. The van der Waals surface area contributed by atoms with E-state index in [0.717, 1.165) is 5.69 Å². The molecular weight excluding hydrogens is 300 g/mol. The Bertz CT molecular complexity index is 818. The van der Waals surface area contributed by atoms with E-state index in [4.69, 9.17) is 9.05 Å². The summed E-state index contributed by atoms with van der Waals surface area (Å²) in [6, 6.07) is 1.65. The number of amides is 1. The molecule has 1 N–H and O–H groups in total. The normalized spacial score (nSPS) is 11.4. The monoisotopic (exact) mass is 314 g/mol. The predicted octanol–water partition coefficient (Wildman–Crippen LogP) is 2.06. The zero-order valence-corrected chi connectivity index (χ0v) is 12.8. The number of carbonyl (C=O) groups excluding carboxylic acids is 1. The van der Waals surface area contributed by atoms with E-state index in [-0.39, 0.29) is 23.0 Å². The molecule has 0 radical (unpaired) electrons. The lowest BCUT2D eigenvalue weighted by molar-refractivity contribution is 0.0978. The Kier molecular flexibility index (Phi) is 3.61. The van der Waals surface area contributed by atoms with Crippen LogP contribution in [0.5, 0.6) is 0 Å². The summed E-state index contributed by atoms with van der Waals surface area (Å²) >= 11 is 0. The fourth-order valence-electron chi connectivity index (χ4n) is 1.69. The van der Waals surface area contributed by atoms with Crippen LogP contribution in [0.2, 0.25) is 0 Å². The van der Waals surface area contributed by atoms with Crippen molar-refractivity contribution in [1.82, 2.24) is 25.3 Å². The highest BCUT2D eigenvalue weighted by Crippen LogP contribution is 2.23. The first kappa shape index (κ1) is 14.8. The van der Waals surface area contributed by atoms with E-state index in [1.54, 1.807) is 6.07 Å². The average molecular weight is 314 g/mol. The van der Waals surface area contributed by atoms with Crippen molar-refractivity contribution >= 4 is 11.8 Å². The molecule has 0 aliphatic heterocycles. The molecule has 9 heteroatoms. The molecule has 0 bridgehead atoms. The molecule has 0 aliphatic rings. The van der Waals surface area contributed by atoms with Crippen molar-refractivity contribution in [2.24, 2.45) is 0 Å². The highest BCUT2D eigenvalue weighted by molar-refractivity contribution is 6.00. The molecule has 3 heterocycles. The molecule has 0 fully saturated rings. The maximum absolute atomic E-state index is 12.1. The van der Waals surface area contributed by atoms with Crippen LogP contribution in [0.15, 0.2) is 33.7 Å². The summed E-state index contributed by atoms with van der Waals surface area (Å²) in [4.78, 5) is 24.0. The van der Waals surface area contributed by atoms with Gasteiger partial charge in [-0.25, -0.2) is 4.98 Å². The highest BCUT2D eigenvalue weighted by atomic mass is 16.5. The van der Waals surface area contributed by atoms with Gasteiger partial charge >= 0.3 is 11.8 Å². The van der Waals surface area contributed by atoms with Crippen LogP contribution in [0.1, 0.15) is 37.2 Å². The number of nitrogens with zero attached hydrogens (tertiary/aromatic N) is 5. The summed E-state index contributed by atoms with van der Waals surface area (Å²) in [6.07, 6.45) is 4.49. The van der Waals surface area contributed by atoms with Gasteiger partial charge in [-0.2, -0.15) is 4.98 Å². The first-order chi connectivity index (χ1) is 10.9. The van der Waals surface area contributed by atoms with E-state index in [9.17, 15) is 4.79 Å². The first-order valence-corrected chi connectivity index (χ1v) is 6.82. The van der Waals surface area contributed by atoms with E-state index in [0.29, 0.717) is 5.69 Å². The van der Waals surface area contributed by atoms with Gasteiger partial charge in [-0.3, -0.25) is 15.1 Å². The molecule has 0 saturated heterocycles. The molecule has 0 atom stereocenters. The van der Waals surface area contributed by atoms with Gasteiger partial charge in [0.1, 0.15) is 5.69 Å². The molecule has 9 nitrogen and oxygen atoms in total. The van der Waals surface area contributed by atoms with Gasteiger partial charge < -0.3 is 9.05 Å². The van der Waals surface area contributed by atoms with Gasteiger partial charge in [-0.1, -0.05) is 31.1 Å². The lowest BCUT2D eigenvalue weighted by Crippen LogP contribution is -2.12. The SMILES string of the molecule is CC(C)(C)c1cc(NC(=O)c2nc(-c3cnccn3)no2)on1. The lowest BCUT2D eigenvalue weighted by Gasteiger charge is -2.12. The molecule has 3 aromatic rings. The highest BCUT2D eigenvalue weighted by Gasteiger charge is 2.22. The molecule has 0 saturated carbocycles.